The number of furan rings is 1. The second-order valence-electron chi connectivity index (χ2n) is 6.28. The average Bonchev–Trinajstić information content (AvgIpc) is 2.90. The van der Waals surface area contributed by atoms with Crippen LogP contribution in [0, 0.1) is 6.92 Å². The minimum absolute atomic E-state index is 0.0957. The van der Waals surface area contributed by atoms with E-state index in [1.165, 1.54) is 44.9 Å². The Kier molecular flexibility index (Phi) is 7.18. The molecule has 0 aliphatic carbocycles. The number of carbonyl (C=O) groups excluding carboxylic acids is 1. The van der Waals surface area contributed by atoms with Gasteiger partial charge in [-0.25, -0.2) is 0 Å². The second kappa shape index (κ2) is 9.39. The summed E-state index contributed by atoms with van der Waals surface area (Å²) >= 11 is 0. The van der Waals surface area contributed by atoms with Crippen molar-refractivity contribution in [3.63, 3.8) is 0 Å². The zero-order chi connectivity index (χ0) is 16.5. The number of rotatable bonds is 10. The summed E-state index contributed by atoms with van der Waals surface area (Å²) in [6, 6.07) is 7.78. The number of hydrogen-bond acceptors (Lipinski definition) is 2. The molecule has 0 aliphatic rings. The van der Waals surface area contributed by atoms with E-state index in [-0.39, 0.29) is 5.91 Å². The van der Waals surface area contributed by atoms with Crippen molar-refractivity contribution in [1.29, 1.82) is 0 Å². The Morgan fingerprint density at radius 3 is 2.35 bits per heavy atom. The highest BCUT2D eigenvalue weighted by Gasteiger charge is 2.16. The van der Waals surface area contributed by atoms with Crippen LogP contribution < -0.4 is 5.32 Å². The summed E-state index contributed by atoms with van der Waals surface area (Å²) in [5, 5.41) is 4.00. The monoisotopic (exact) mass is 315 g/mol. The SMILES string of the molecule is CCCCCCCCCCNC(=O)c1oc2ccccc2c1C. The molecule has 1 aromatic heterocycles. The minimum Gasteiger partial charge on any atom is -0.451 e. The summed E-state index contributed by atoms with van der Waals surface area (Å²) in [6.07, 6.45) is 10.2. The van der Waals surface area contributed by atoms with E-state index in [0.29, 0.717) is 5.76 Å². The zero-order valence-corrected chi connectivity index (χ0v) is 14.5. The van der Waals surface area contributed by atoms with Gasteiger partial charge in [0.1, 0.15) is 5.58 Å². The maximum absolute atomic E-state index is 12.2. The van der Waals surface area contributed by atoms with E-state index < -0.39 is 0 Å². The maximum Gasteiger partial charge on any atom is 0.287 e. The lowest BCUT2D eigenvalue weighted by Gasteiger charge is -2.04. The second-order valence-corrected chi connectivity index (χ2v) is 6.28. The molecule has 2 aromatic rings. The molecule has 0 radical (unpaired) electrons. The van der Waals surface area contributed by atoms with E-state index in [2.05, 4.69) is 12.2 Å². The first-order chi connectivity index (χ1) is 11.2. The van der Waals surface area contributed by atoms with E-state index in [9.17, 15) is 4.79 Å². The fourth-order valence-corrected chi connectivity index (χ4v) is 2.93. The third kappa shape index (κ3) is 5.12. The van der Waals surface area contributed by atoms with Gasteiger partial charge in [-0.3, -0.25) is 4.79 Å². The molecule has 0 unspecified atom stereocenters. The molecule has 3 heteroatoms. The molecule has 1 heterocycles. The van der Waals surface area contributed by atoms with Crippen molar-refractivity contribution in [1.82, 2.24) is 5.32 Å². The van der Waals surface area contributed by atoms with Crippen molar-refractivity contribution in [3.05, 3.63) is 35.6 Å². The highest BCUT2D eigenvalue weighted by molar-refractivity contribution is 5.98. The first-order valence-electron chi connectivity index (χ1n) is 9.00. The maximum atomic E-state index is 12.2. The molecule has 0 aliphatic heterocycles. The van der Waals surface area contributed by atoms with Gasteiger partial charge < -0.3 is 9.73 Å². The Morgan fingerprint density at radius 1 is 1.00 bits per heavy atom. The molecular weight excluding hydrogens is 286 g/mol. The van der Waals surface area contributed by atoms with Crippen LogP contribution in [-0.2, 0) is 0 Å². The van der Waals surface area contributed by atoms with Crippen LogP contribution in [0.15, 0.2) is 28.7 Å². The standard InChI is InChI=1S/C20H29NO2/c1-3-4-5-6-7-8-9-12-15-21-20(22)19-16(2)17-13-10-11-14-18(17)23-19/h10-11,13-14H,3-9,12,15H2,1-2H3,(H,21,22). The largest absolute Gasteiger partial charge is 0.451 e. The zero-order valence-electron chi connectivity index (χ0n) is 14.5. The van der Waals surface area contributed by atoms with E-state index in [1.54, 1.807) is 0 Å². The van der Waals surface area contributed by atoms with Crippen molar-refractivity contribution in [3.8, 4) is 0 Å². The van der Waals surface area contributed by atoms with Crippen LogP contribution >= 0.6 is 0 Å². The van der Waals surface area contributed by atoms with Crippen molar-refractivity contribution in [2.24, 2.45) is 0 Å². The predicted octanol–water partition coefficient (Wildman–Crippen LogP) is 5.61. The number of amides is 1. The highest BCUT2D eigenvalue weighted by Crippen LogP contribution is 2.24. The Balaban J connectivity index is 1.67. The van der Waals surface area contributed by atoms with Crippen LogP contribution in [-0.4, -0.2) is 12.5 Å². The van der Waals surface area contributed by atoms with E-state index >= 15 is 0 Å². The molecule has 0 spiro atoms. The van der Waals surface area contributed by atoms with Gasteiger partial charge in [-0.15, -0.1) is 0 Å². The Hall–Kier alpha value is -1.77. The van der Waals surface area contributed by atoms with Crippen LogP contribution in [0.1, 0.15) is 74.4 Å². The van der Waals surface area contributed by atoms with Crippen molar-refractivity contribution in [2.45, 2.75) is 65.2 Å². The summed E-state index contributed by atoms with van der Waals surface area (Å²) in [4.78, 5) is 12.2. The lowest BCUT2D eigenvalue weighted by atomic mass is 10.1. The summed E-state index contributed by atoms with van der Waals surface area (Å²) in [5.41, 5.74) is 1.70. The number of benzene rings is 1. The Bertz CT molecular complexity index is 615. The number of para-hydroxylation sites is 1. The first-order valence-corrected chi connectivity index (χ1v) is 9.00. The molecular formula is C20H29NO2. The Labute approximate surface area is 139 Å². The van der Waals surface area contributed by atoms with Gasteiger partial charge >= 0.3 is 0 Å². The van der Waals surface area contributed by atoms with E-state index in [1.807, 2.05) is 31.2 Å². The van der Waals surface area contributed by atoms with E-state index in [0.717, 1.165) is 29.5 Å². The molecule has 1 amide bonds. The average molecular weight is 315 g/mol. The topological polar surface area (TPSA) is 42.2 Å². The molecule has 2 rings (SSSR count). The molecule has 3 nitrogen and oxygen atoms in total. The summed E-state index contributed by atoms with van der Waals surface area (Å²) in [6.45, 7) is 4.91. The van der Waals surface area contributed by atoms with Crippen molar-refractivity contribution >= 4 is 16.9 Å². The lowest BCUT2D eigenvalue weighted by Crippen LogP contribution is -2.24. The van der Waals surface area contributed by atoms with Gasteiger partial charge in [0.05, 0.1) is 0 Å². The van der Waals surface area contributed by atoms with Crippen LogP contribution in [0.4, 0.5) is 0 Å². The van der Waals surface area contributed by atoms with Gasteiger partial charge in [0.25, 0.3) is 5.91 Å². The summed E-state index contributed by atoms with van der Waals surface area (Å²) < 4.78 is 5.68. The van der Waals surface area contributed by atoms with Crippen LogP contribution in [0.2, 0.25) is 0 Å². The molecule has 1 aromatic carbocycles. The molecule has 0 fully saturated rings. The van der Waals surface area contributed by atoms with E-state index in [4.69, 9.17) is 4.42 Å². The lowest BCUT2D eigenvalue weighted by molar-refractivity contribution is 0.0926. The third-order valence-corrected chi connectivity index (χ3v) is 4.37. The molecule has 1 N–H and O–H groups in total. The highest BCUT2D eigenvalue weighted by atomic mass is 16.3. The van der Waals surface area contributed by atoms with Gasteiger partial charge in [-0.1, -0.05) is 70.1 Å². The van der Waals surface area contributed by atoms with Crippen LogP contribution in [0.25, 0.3) is 11.0 Å². The molecule has 0 saturated heterocycles. The normalized spacial score (nSPS) is 11.0. The van der Waals surface area contributed by atoms with Gasteiger partial charge in [0.2, 0.25) is 0 Å². The number of carbonyl (C=O) groups is 1. The fourth-order valence-electron chi connectivity index (χ4n) is 2.93. The Morgan fingerprint density at radius 2 is 1.65 bits per heavy atom. The van der Waals surface area contributed by atoms with Gasteiger partial charge in [0.15, 0.2) is 5.76 Å². The summed E-state index contributed by atoms with van der Waals surface area (Å²) in [7, 11) is 0. The van der Waals surface area contributed by atoms with Gasteiger partial charge in [0, 0.05) is 17.5 Å². The fraction of sp³-hybridized carbons (Fsp3) is 0.550. The smallest absolute Gasteiger partial charge is 0.287 e. The molecule has 126 valence electrons. The molecule has 23 heavy (non-hydrogen) atoms. The molecule has 0 atom stereocenters. The summed E-state index contributed by atoms with van der Waals surface area (Å²) in [5.74, 6) is 0.354. The number of unbranched alkanes of at least 4 members (excludes halogenated alkanes) is 7. The number of hydrogen-bond donors (Lipinski definition) is 1. The number of nitrogens with one attached hydrogen (secondary N) is 1. The van der Waals surface area contributed by atoms with Crippen molar-refractivity contribution in [2.75, 3.05) is 6.54 Å². The minimum atomic E-state index is -0.0957. The molecule has 0 saturated carbocycles. The quantitative estimate of drug-likeness (QED) is 0.579. The number of aryl methyl sites for hydroxylation is 1. The predicted molar refractivity (Wildman–Crippen MR) is 95.9 cm³/mol. The van der Waals surface area contributed by atoms with Crippen LogP contribution in [0.5, 0.6) is 0 Å². The number of fused-ring (bicyclic) bond motifs is 1. The van der Waals surface area contributed by atoms with Gasteiger partial charge in [-0.2, -0.15) is 0 Å². The van der Waals surface area contributed by atoms with Gasteiger partial charge in [-0.05, 0) is 19.4 Å². The van der Waals surface area contributed by atoms with Crippen molar-refractivity contribution < 1.29 is 9.21 Å². The molecule has 0 bridgehead atoms. The third-order valence-electron chi connectivity index (χ3n) is 4.37. The first kappa shape index (κ1) is 17.6. The van der Waals surface area contributed by atoms with Crippen LogP contribution in [0.3, 0.4) is 0 Å².